The minimum absolute atomic E-state index is 0.168. The fraction of sp³-hybridized carbons (Fsp3) is 0.900. The summed E-state index contributed by atoms with van der Waals surface area (Å²) in [7, 11) is 0. The molecule has 1 aliphatic carbocycles. The van der Waals surface area contributed by atoms with Gasteiger partial charge in [0.2, 0.25) is 5.91 Å². The monoisotopic (exact) mass is 216 g/mol. The van der Waals surface area contributed by atoms with Crippen molar-refractivity contribution in [2.45, 2.75) is 32.2 Å². The minimum Gasteiger partial charge on any atom is -0.352 e. The molecule has 0 bridgehead atoms. The Balaban J connectivity index is 2.38. The summed E-state index contributed by atoms with van der Waals surface area (Å²) in [4.78, 5) is 11.8. The summed E-state index contributed by atoms with van der Waals surface area (Å²) in [6.45, 7) is 2.59. The lowest BCUT2D eigenvalue weighted by Gasteiger charge is -2.19. The molecular weight excluding hydrogens is 196 g/mol. The summed E-state index contributed by atoms with van der Waals surface area (Å²) >= 11 is 1.77. The molecule has 14 heavy (non-hydrogen) atoms. The Morgan fingerprint density at radius 2 is 2.29 bits per heavy atom. The van der Waals surface area contributed by atoms with Crippen LogP contribution < -0.4 is 11.1 Å². The van der Waals surface area contributed by atoms with Crippen molar-refractivity contribution in [3.05, 3.63) is 0 Å². The van der Waals surface area contributed by atoms with Gasteiger partial charge in [-0.1, -0.05) is 6.92 Å². The van der Waals surface area contributed by atoms with Crippen molar-refractivity contribution in [2.75, 3.05) is 18.6 Å². The van der Waals surface area contributed by atoms with Gasteiger partial charge in [0, 0.05) is 18.3 Å². The summed E-state index contributed by atoms with van der Waals surface area (Å²) in [5, 5.41) is 3.08. The van der Waals surface area contributed by atoms with E-state index in [0.29, 0.717) is 12.6 Å². The van der Waals surface area contributed by atoms with E-state index in [-0.39, 0.29) is 11.3 Å². The van der Waals surface area contributed by atoms with Crippen LogP contribution in [0.1, 0.15) is 26.2 Å². The first kappa shape index (κ1) is 11.9. The van der Waals surface area contributed by atoms with Crippen LogP contribution >= 0.6 is 11.8 Å². The maximum absolute atomic E-state index is 11.8. The molecule has 0 aromatic carbocycles. The summed E-state index contributed by atoms with van der Waals surface area (Å²) in [5.74, 6) is 1.16. The largest absolute Gasteiger partial charge is 0.352 e. The fourth-order valence-electron chi connectivity index (χ4n) is 1.48. The van der Waals surface area contributed by atoms with Crippen molar-refractivity contribution in [3.63, 3.8) is 0 Å². The molecule has 0 aromatic heterocycles. The molecule has 1 amide bonds. The van der Waals surface area contributed by atoms with Crippen molar-refractivity contribution in [2.24, 2.45) is 11.1 Å². The van der Waals surface area contributed by atoms with Crippen LogP contribution in [0.3, 0.4) is 0 Å². The average Bonchev–Trinajstić information content (AvgIpc) is 2.97. The second-order valence-electron chi connectivity index (χ2n) is 4.02. The van der Waals surface area contributed by atoms with Crippen LogP contribution in [0.4, 0.5) is 0 Å². The van der Waals surface area contributed by atoms with Crippen LogP contribution in [0, 0.1) is 5.41 Å². The number of carbonyl (C=O) groups excluding carboxylic acids is 1. The molecule has 1 saturated carbocycles. The Kier molecular flexibility index (Phi) is 4.26. The van der Waals surface area contributed by atoms with E-state index >= 15 is 0 Å². The summed E-state index contributed by atoms with van der Waals surface area (Å²) in [5.41, 5.74) is 5.39. The predicted octanol–water partition coefficient (Wildman–Crippen LogP) is 0.983. The molecule has 3 N–H and O–H groups in total. The third-order valence-electron chi connectivity index (χ3n) is 2.92. The number of nitrogens with one attached hydrogen (secondary N) is 1. The zero-order valence-electron chi connectivity index (χ0n) is 9.01. The molecule has 1 atom stereocenters. The van der Waals surface area contributed by atoms with Gasteiger partial charge in [-0.3, -0.25) is 4.79 Å². The Morgan fingerprint density at radius 1 is 1.64 bits per heavy atom. The maximum atomic E-state index is 11.8. The molecule has 0 aliphatic heterocycles. The predicted molar refractivity (Wildman–Crippen MR) is 61.3 cm³/mol. The van der Waals surface area contributed by atoms with Crippen LogP contribution in [0.5, 0.6) is 0 Å². The van der Waals surface area contributed by atoms with Gasteiger partial charge in [-0.2, -0.15) is 11.8 Å². The van der Waals surface area contributed by atoms with Gasteiger partial charge in [0.05, 0.1) is 5.41 Å². The van der Waals surface area contributed by atoms with Crippen molar-refractivity contribution in [3.8, 4) is 0 Å². The number of nitrogens with two attached hydrogens (primary N) is 1. The number of rotatable bonds is 6. The van der Waals surface area contributed by atoms with Gasteiger partial charge in [0.15, 0.2) is 0 Å². The molecule has 82 valence electrons. The first-order valence-electron chi connectivity index (χ1n) is 5.18. The van der Waals surface area contributed by atoms with E-state index in [0.717, 1.165) is 25.0 Å². The normalized spacial score (nSPS) is 20.2. The smallest absolute Gasteiger partial charge is 0.227 e. The Labute approximate surface area is 90.2 Å². The molecule has 1 fully saturated rings. The van der Waals surface area contributed by atoms with Gasteiger partial charge >= 0.3 is 0 Å². The van der Waals surface area contributed by atoms with Crippen LogP contribution in [-0.2, 0) is 4.79 Å². The number of thioether (sulfide) groups is 1. The highest BCUT2D eigenvalue weighted by Crippen LogP contribution is 2.44. The second-order valence-corrected chi connectivity index (χ2v) is 4.93. The lowest BCUT2D eigenvalue weighted by molar-refractivity contribution is -0.126. The van der Waals surface area contributed by atoms with Gasteiger partial charge in [-0.25, -0.2) is 0 Å². The SMILES string of the molecule is CCC(CSC)NC(=O)C1(CN)CC1. The van der Waals surface area contributed by atoms with E-state index < -0.39 is 0 Å². The highest BCUT2D eigenvalue weighted by molar-refractivity contribution is 7.98. The Hall–Kier alpha value is -0.220. The van der Waals surface area contributed by atoms with Crippen molar-refractivity contribution in [1.82, 2.24) is 5.32 Å². The minimum atomic E-state index is -0.203. The first-order valence-corrected chi connectivity index (χ1v) is 6.58. The van der Waals surface area contributed by atoms with E-state index in [1.54, 1.807) is 11.8 Å². The molecule has 0 saturated heterocycles. The topological polar surface area (TPSA) is 55.1 Å². The highest BCUT2D eigenvalue weighted by Gasteiger charge is 2.48. The lowest BCUT2D eigenvalue weighted by atomic mass is 10.1. The Bertz CT molecular complexity index is 204. The molecule has 1 rings (SSSR count). The van der Waals surface area contributed by atoms with E-state index in [2.05, 4.69) is 18.5 Å². The van der Waals surface area contributed by atoms with Gasteiger partial charge < -0.3 is 11.1 Å². The zero-order valence-corrected chi connectivity index (χ0v) is 9.82. The van der Waals surface area contributed by atoms with Gasteiger partial charge in [-0.05, 0) is 25.5 Å². The molecular formula is C10H20N2OS. The van der Waals surface area contributed by atoms with Gasteiger partial charge in [0.25, 0.3) is 0 Å². The molecule has 1 unspecified atom stereocenters. The van der Waals surface area contributed by atoms with Crippen LogP contribution in [0.2, 0.25) is 0 Å². The molecule has 0 aromatic rings. The highest BCUT2D eigenvalue weighted by atomic mass is 32.2. The quantitative estimate of drug-likeness (QED) is 0.696. The van der Waals surface area contributed by atoms with E-state index in [1.807, 2.05) is 0 Å². The average molecular weight is 216 g/mol. The van der Waals surface area contributed by atoms with Crippen LogP contribution in [0.15, 0.2) is 0 Å². The third-order valence-corrected chi connectivity index (χ3v) is 3.66. The summed E-state index contributed by atoms with van der Waals surface area (Å²) < 4.78 is 0. The number of hydrogen-bond acceptors (Lipinski definition) is 3. The van der Waals surface area contributed by atoms with Gasteiger partial charge in [-0.15, -0.1) is 0 Å². The molecule has 3 nitrogen and oxygen atoms in total. The lowest BCUT2D eigenvalue weighted by Crippen LogP contribution is -2.43. The van der Waals surface area contributed by atoms with Crippen molar-refractivity contribution >= 4 is 17.7 Å². The molecule has 4 heteroatoms. The van der Waals surface area contributed by atoms with E-state index in [9.17, 15) is 4.79 Å². The van der Waals surface area contributed by atoms with Crippen molar-refractivity contribution in [1.29, 1.82) is 0 Å². The van der Waals surface area contributed by atoms with Crippen LogP contribution in [-0.4, -0.2) is 30.5 Å². The molecule has 0 radical (unpaired) electrons. The zero-order chi connectivity index (χ0) is 10.6. The molecule has 0 spiro atoms. The van der Waals surface area contributed by atoms with Gasteiger partial charge in [0.1, 0.15) is 0 Å². The molecule has 1 aliphatic rings. The fourth-order valence-corrected chi connectivity index (χ4v) is 2.20. The summed E-state index contributed by atoms with van der Waals surface area (Å²) in [6, 6.07) is 0.307. The second kappa shape index (κ2) is 5.03. The standard InChI is InChI=1S/C10H20N2OS/c1-3-8(6-14-2)12-9(13)10(7-11)4-5-10/h8H,3-7,11H2,1-2H3,(H,12,13). The maximum Gasteiger partial charge on any atom is 0.227 e. The molecule has 0 heterocycles. The number of hydrogen-bond donors (Lipinski definition) is 2. The third kappa shape index (κ3) is 2.64. The Morgan fingerprint density at radius 3 is 2.64 bits per heavy atom. The number of carbonyl (C=O) groups is 1. The van der Waals surface area contributed by atoms with Crippen molar-refractivity contribution < 1.29 is 4.79 Å². The first-order chi connectivity index (χ1) is 6.68. The summed E-state index contributed by atoms with van der Waals surface area (Å²) in [6.07, 6.45) is 4.98. The van der Waals surface area contributed by atoms with E-state index in [1.165, 1.54) is 0 Å². The van der Waals surface area contributed by atoms with E-state index in [4.69, 9.17) is 5.73 Å². The van der Waals surface area contributed by atoms with Crippen LogP contribution in [0.25, 0.3) is 0 Å². The number of amides is 1.